The second-order valence-electron chi connectivity index (χ2n) is 5.71. The maximum atomic E-state index is 12.2. The van der Waals surface area contributed by atoms with Crippen molar-refractivity contribution in [2.24, 2.45) is 0 Å². The molecule has 0 bridgehead atoms. The summed E-state index contributed by atoms with van der Waals surface area (Å²) in [4.78, 5) is 37.0. The normalized spacial score (nSPS) is 12.7. The first-order valence-corrected chi connectivity index (χ1v) is 8.38. The lowest BCUT2D eigenvalue weighted by Gasteiger charge is -2.15. The number of rotatable bonds is 5. The maximum Gasteiger partial charge on any atom is 0.261 e. The Morgan fingerprint density at radius 3 is 2.35 bits per heavy atom. The molecule has 2 aromatic rings. The molecule has 1 heterocycles. The molecule has 0 spiro atoms. The van der Waals surface area contributed by atoms with Crippen LogP contribution in [0.3, 0.4) is 0 Å². The highest BCUT2D eigenvalue weighted by Gasteiger charge is 2.34. The highest BCUT2D eigenvalue weighted by Crippen LogP contribution is 2.22. The first kappa shape index (κ1) is 17.8. The van der Waals surface area contributed by atoms with E-state index in [1.54, 1.807) is 48.5 Å². The molecule has 0 fully saturated rings. The van der Waals surface area contributed by atoms with Gasteiger partial charge in [-0.05, 0) is 43.4 Å². The minimum absolute atomic E-state index is 0.0499. The molecule has 1 aliphatic rings. The number of carbonyl (C=O) groups is 3. The van der Waals surface area contributed by atoms with Crippen LogP contribution in [0.25, 0.3) is 0 Å². The van der Waals surface area contributed by atoms with E-state index >= 15 is 0 Å². The van der Waals surface area contributed by atoms with E-state index in [9.17, 15) is 14.4 Å². The molecular weight excluding hydrogens is 352 g/mol. The first-order chi connectivity index (χ1) is 12.5. The van der Waals surface area contributed by atoms with Crippen molar-refractivity contribution in [3.05, 3.63) is 65.2 Å². The number of imide groups is 1. The fourth-order valence-corrected chi connectivity index (χ4v) is 2.84. The van der Waals surface area contributed by atoms with Crippen molar-refractivity contribution >= 4 is 40.7 Å². The topological polar surface area (TPSA) is 75.7 Å². The minimum Gasteiger partial charge on any atom is -0.469 e. The smallest absolute Gasteiger partial charge is 0.261 e. The Balaban J connectivity index is 1.53. The van der Waals surface area contributed by atoms with Crippen LogP contribution >= 0.6 is 12.2 Å². The molecule has 1 aliphatic heterocycles. The number of fused-ring (bicyclic) bond motifs is 1. The monoisotopic (exact) mass is 368 g/mol. The van der Waals surface area contributed by atoms with Crippen molar-refractivity contribution in [3.63, 3.8) is 0 Å². The van der Waals surface area contributed by atoms with Gasteiger partial charge < -0.3 is 10.1 Å². The lowest BCUT2D eigenvalue weighted by Crippen LogP contribution is -2.33. The summed E-state index contributed by atoms with van der Waals surface area (Å²) < 4.78 is 5.39. The van der Waals surface area contributed by atoms with Crippen LogP contribution < -0.4 is 5.32 Å². The third kappa shape index (κ3) is 3.62. The van der Waals surface area contributed by atoms with Crippen molar-refractivity contribution in [1.82, 2.24) is 4.90 Å². The van der Waals surface area contributed by atoms with Crippen molar-refractivity contribution in [2.45, 2.75) is 6.92 Å². The zero-order valence-corrected chi connectivity index (χ0v) is 14.8. The Labute approximate surface area is 155 Å². The molecule has 1 N–H and O–H groups in total. The van der Waals surface area contributed by atoms with E-state index in [1.807, 2.05) is 0 Å². The van der Waals surface area contributed by atoms with Crippen LogP contribution in [0.5, 0.6) is 0 Å². The second kappa shape index (κ2) is 7.45. The van der Waals surface area contributed by atoms with E-state index < -0.39 is 0 Å². The Kier molecular flexibility index (Phi) is 5.09. The summed E-state index contributed by atoms with van der Waals surface area (Å²) in [6.07, 6.45) is 0. The molecule has 6 nitrogen and oxygen atoms in total. The predicted molar refractivity (Wildman–Crippen MR) is 100 cm³/mol. The van der Waals surface area contributed by atoms with Gasteiger partial charge in [0.05, 0.1) is 17.7 Å². The molecule has 3 rings (SSSR count). The third-order valence-corrected chi connectivity index (χ3v) is 4.16. The average Bonchev–Trinajstić information content (AvgIpc) is 2.87. The second-order valence-corrected chi connectivity index (χ2v) is 6.08. The van der Waals surface area contributed by atoms with E-state index in [0.717, 1.165) is 4.90 Å². The zero-order chi connectivity index (χ0) is 18.7. The summed E-state index contributed by atoms with van der Waals surface area (Å²) in [5.74, 6) is -0.712. The van der Waals surface area contributed by atoms with E-state index in [4.69, 9.17) is 17.0 Å². The number of thiocarbonyl (C=S) groups is 1. The maximum absolute atomic E-state index is 12.2. The van der Waals surface area contributed by atoms with Gasteiger partial charge in [-0.3, -0.25) is 19.3 Å². The molecule has 0 atom stereocenters. The Morgan fingerprint density at radius 1 is 1.08 bits per heavy atom. The minimum atomic E-state index is -0.331. The molecule has 7 heteroatoms. The molecule has 0 radical (unpaired) electrons. The summed E-state index contributed by atoms with van der Waals surface area (Å²) >= 11 is 5.11. The summed E-state index contributed by atoms with van der Waals surface area (Å²) in [5, 5.41) is 2.97. The number of hydrogen-bond acceptors (Lipinski definition) is 5. The Hall–Kier alpha value is -3.06. The van der Waals surface area contributed by atoms with Gasteiger partial charge in [-0.15, -0.1) is 0 Å². The van der Waals surface area contributed by atoms with Gasteiger partial charge in [0.2, 0.25) is 0 Å². The van der Waals surface area contributed by atoms with Crippen molar-refractivity contribution in [3.8, 4) is 0 Å². The van der Waals surface area contributed by atoms with E-state index in [0.29, 0.717) is 22.4 Å². The largest absolute Gasteiger partial charge is 0.469 e. The van der Waals surface area contributed by atoms with Gasteiger partial charge >= 0.3 is 0 Å². The number of hydrogen-bond donors (Lipinski definition) is 1. The number of amides is 2. The van der Waals surface area contributed by atoms with Gasteiger partial charge in [0.15, 0.2) is 5.78 Å². The number of benzene rings is 2. The SMILES string of the molecule is CC(=O)c1cccc(NC(=S)OCCN2C(=O)c3ccccc3C2=O)c1. The van der Waals surface area contributed by atoms with E-state index in [2.05, 4.69) is 5.32 Å². The molecule has 0 saturated carbocycles. The summed E-state index contributed by atoms with van der Waals surface area (Å²) in [6.45, 7) is 1.65. The van der Waals surface area contributed by atoms with Crippen LogP contribution in [0.4, 0.5) is 5.69 Å². The van der Waals surface area contributed by atoms with Crippen LogP contribution in [-0.2, 0) is 4.74 Å². The van der Waals surface area contributed by atoms with Crippen LogP contribution in [0, 0.1) is 0 Å². The summed E-state index contributed by atoms with van der Waals surface area (Å²) in [6, 6.07) is 13.6. The number of nitrogens with zero attached hydrogens (tertiary/aromatic N) is 1. The van der Waals surface area contributed by atoms with Gasteiger partial charge in [0.25, 0.3) is 17.0 Å². The predicted octanol–water partition coefficient (Wildman–Crippen LogP) is 2.90. The standard InChI is InChI=1S/C19H16N2O4S/c1-12(22)13-5-4-6-14(11-13)20-19(26)25-10-9-21-17(23)15-7-2-3-8-16(15)18(21)24/h2-8,11H,9-10H2,1H3,(H,20,26). The van der Waals surface area contributed by atoms with Crippen molar-refractivity contribution < 1.29 is 19.1 Å². The van der Waals surface area contributed by atoms with Gasteiger partial charge in [-0.2, -0.15) is 0 Å². The molecule has 0 aliphatic carbocycles. The van der Waals surface area contributed by atoms with Crippen LogP contribution in [-0.4, -0.2) is 40.8 Å². The molecule has 0 saturated heterocycles. The first-order valence-electron chi connectivity index (χ1n) is 7.97. The molecular formula is C19H16N2O4S. The Bertz CT molecular complexity index is 875. The quantitative estimate of drug-likeness (QED) is 0.497. The molecule has 0 unspecified atom stereocenters. The van der Waals surface area contributed by atoms with E-state index in [1.165, 1.54) is 6.92 Å². The lowest BCUT2D eigenvalue weighted by molar-refractivity contribution is 0.0629. The number of carbonyl (C=O) groups excluding carboxylic acids is 3. The van der Waals surface area contributed by atoms with Gasteiger partial charge in [-0.1, -0.05) is 24.3 Å². The molecule has 2 amide bonds. The van der Waals surface area contributed by atoms with Gasteiger partial charge in [-0.25, -0.2) is 0 Å². The fraction of sp³-hybridized carbons (Fsp3) is 0.158. The Morgan fingerprint density at radius 2 is 1.73 bits per heavy atom. The van der Waals surface area contributed by atoms with Crippen LogP contribution in [0.2, 0.25) is 0 Å². The van der Waals surface area contributed by atoms with Crippen LogP contribution in [0.15, 0.2) is 48.5 Å². The molecule has 2 aromatic carbocycles. The fourth-order valence-electron chi connectivity index (χ4n) is 2.64. The highest BCUT2D eigenvalue weighted by molar-refractivity contribution is 7.80. The average molecular weight is 368 g/mol. The summed E-state index contributed by atoms with van der Waals surface area (Å²) in [7, 11) is 0. The molecule has 26 heavy (non-hydrogen) atoms. The van der Waals surface area contributed by atoms with Gasteiger partial charge in [0, 0.05) is 11.3 Å². The van der Waals surface area contributed by atoms with Crippen molar-refractivity contribution in [2.75, 3.05) is 18.5 Å². The number of ether oxygens (including phenoxy) is 1. The number of ketones is 1. The number of anilines is 1. The highest BCUT2D eigenvalue weighted by atomic mass is 32.1. The van der Waals surface area contributed by atoms with Crippen LogP contribution in [0.1, 0.15) is 38.0 Å². The number of nitrogens with one attached hydrogen (secondary N) is 1. The van der Waals surface area contributed by atoms with E-state index in [-0.39, 0.29) is 35.9 Å². The summed E-state index contributed by atoms with van der Waals surface area (Å²) in [5.41, 5.74) is 1.99. The zero-order valence-electron chi connectivity index (χ0n) is 14.0. The van der Waals surface area contributed by atoms with Gasteiger partial charge in [0.1, 0.15) is 6.61 Å². The molecule has 0 aromatic heterocycles. The third-order valence-electron chi connectivity index (χ3n) is 3.94. The number of Topliss-reactive ketones (excluding diaryl/α,β-unsaturated/α-hetero) is 1. The lowest BCUT2D eigenvalue weighted by atomic mass is 10.1. The molecule has 132 valence electrons. The van der Waals surface area contributed by atoms with Crippen molar-refractivity contribution in [1.29, 1.82) is 0 Å².